The first-order valence-corrected chi connectivity index (χ1v) is 5.23. The molecule has 0 fully saturated rings. The molecule has 2 N–H and O–H groups in total. The van der Waals surface area contributed by atoms with Crippen LogP contribution in [-0.2, 0) is 22.3 Å². The molecule has 2 unspecified atom stereocenters. The molecule has 0 aliphatic carbocycles. The second-order valence-corrected chi connectivity index (χ2v) is 3.27. The number of hydrogen-bond donors (Lipinski definition) is 1. The first kappa shape index (κ1) is 16.4. The van der Waals surface area contributed by atoms with E-state index >= 15 is 0 Å². The zero-order chi connectivity index (χ0) is 10.3. The Morgan fingerprint density at radius 2 is 1.43 bits per heavy atom. The van der Waals surface area contributed by atoms with E-state index in [4.69, 9.17) is 8.76 Å². The molecular formula is C6H7LiNO4S2-. The van der Waals surface area contributed by atoms with Gasteiger partial charge < -0.3 is 9.11 Å². The molecule has 14 heavy (non-hydrogen) atoms. The SMILES string of the molecule is NS(=O)[O-].O=S([O-])c1ccccc1.[Li+]. The largest absolute Gasteiger partial charge is 1.00 e. The topological polar surface area (TPSA) is 106 Å². The van der Waals surface area contributed by atoms with E-state index in [1.54, 1.807) is 30.3 Å². The van der Waals surface area contributed by atoms with Gasteiger partial charge in [0.05, 0.1) is 0 Å². The third-order valence-corrected chi connectivity index (χ3v) is 1.59. The van der Waals surface area contributed by atoms with Crippen LogP contribution in [0.15, 0.2) is 35.2 Å². The fourth-order valence-electron chi connectivity index (χ4n) is 0.532. The predicted octanol–water partition coefficient (Wildman–Crippen LogP) is -3.33. The third-order valence-electron chi connectivity index (χ3n) is 0.936. The fraction of sp³-hybridized carbons (Fsp3) is 0. The average Bonchev–Trinajstić information content (AvgIpc) is 2.05. The third kappa shape index (κ3) is 10.1. The van der Waals surface area contributed by atoms with Gasteiger partial charge in [-0.2, -0.15) is 0 Å². The summed E-state index contributed by atoms with van der Waals surface area (Å²) in [7, 11) is 0. The maximum atomic E-state index is 10.2. The van der Waals surface area contributed by atoms with E-state index in [0.717, 1.165) is 0 Å². The summed E-state index contributed by atoms with van der Waals surface area (Å²) in [5.74, 6) is 0. The first-order valence-electron chi connectivity index (χ1n) is 3.02. The minimum atomic E-state index is -2.36. The maximum Gasteiger partial charge on any atom is 1.00 e. The molecule has 5 nitrogen and oxygen atoms in total. The zero-order valence-electron chi connectivity index (χ0n) is 7.41. The van der Waals surface area contributed by atoms with E-state index in [9.17, 15) is 8.76 Å². The summed E-state index contributed by atoms with van der Waals surface area (Å²) in [4.78, 5) is 0.331. The van der Waals surface area contributed by atoms with Crippen molar-refractivity contribution in [3.8, 4) is 0 Å². The Morgan fingerprint density at radius 1 is 1.07 bits per heavy atom. The van der Waals surface area contributed by atoms with Crippen LogP contribution in [0.1, 0.15) is 0 Å². The van der Waals surface area contributed by atoms with Gasteiger partial charge in [0, 0.05) is 16.2 Å². The quantitative estimate of drug-likeness (QED) is 0.400. The zero-order valence-corrected chi connectivity index (χ0v) is 9.05. The van der Waals surface area contributed by atoms with Crippen LogP contribution in [0.25, 0.3) is 0 Å². The van der Waals surface area contributed by atoms with Crippen molar-refractivity contribution in [2.75, 3.05) is 0 Å². The summed E-state index contributed by atoms with van der Waals surface area (Å²) in [6, 6.07) is 8.23. The molecule has 2 atom stereocenters. The maximum absolute atomic E-state index is 10.2. The van der Waals surface area contributed by atoms with Crippen LogP contribution in [0, 0.1) is 0 Å². The molecule has 1 aromatic carbocycles. The Bertz CT molecular complexity index is 291. The van der Waals surface area contributed by atoms with Crippen molar-refractivity contribution < 1.29 is 36.4 Å². The van der Waals surface area contributed by atoms with Gasteiger partial charge in [0.2, 0.25) is 0 Å². The molecule has 0 saturated carbocycles. The Labute approximate surface area is 99.0 Å². The van der Waals surface area contributed by atoms with Crippen molar-refractivity contribution in [1.29, 1.82) is 0 Å². The molecule has 1 aromatic rings. The molecule has 0 aliphatic heterocycles. The van der Waals surface area contributed by atoms with Gasteiger partial charge in [0.25, 0.3) is 0 Å². The summed E-state index contributed by atoms with van der Waals surface area (Å²) >= 11 is -4.44. The van der Waals surface area contributed by atoms with Gasteiger partial charge in [-0.05, 0) is 23.2 Å². The molecule has 0 aromatic heterocycles. The molecule has 74 valence electrons. The molecule has 8 heteroatoms. The van der Waals surface area contributed by atoms with Crippen molar-refractivity contribution in [1.82, 2.24) is 0 Å². The van der Waals surface area contributed by atoms with Crippen LogP contribution < -0.4 is 24.0 Å². The van der Waals surface area contributed by atoms with Gasteiger partial charge in [0.15, 0.2) is 0 Å². The van der Waals surface area contributed by atoms with Crippen LogP contribution in [0.5, 0.6) is 0 Å². The van der Waals surface area contributed by atoms with Crippen molar-refractivity contribution >= 4 is 22.3 Å². The van der Waals surface area contributed by atoms with Crippen LogP contribution in [0.4, 0.5) is 0 Å². The van der Waals surface area contributed by atoms with Crippen LogP contribution in [0.3, 0.4) is 0 Å². The molecule has 0 spiro atoms. The van der Waals surface area contributed by atoms with Crippen molar-refractivity contribution in [2.24, 2.45) is 5.14 Å². The van der Waals surface area contributed by atoms with Gasteiger partial charge in [-0.3, -0.25) is 13.6 Å². The van der Waals surface area contributed by atoms with E-state index in [-0.39, 0.29) is 18.9 Å². The second-order valence-electron chi connectivity index (χ2n) is 1.81. The van der Waals surface area contributed by atoms with Gasteiger partial charge >= 0.3 is 18.9 Å². The number of rotatable bonds is 1. The van der Waals surface area contributed by atoms with Crippen LogP contribution in [0.2, 0.25) is 0 Å². The fourth-order valence-corrected chi connectivity index (χ4v) is 0.911. The first-order chi connectivity index (χ1) is 6.04. The Kier molecular flexibility index (Phi) is 11.2. The van der Waals surface area contributed by atoms with Gasteiger partial charge in [-0.1, -0.05) is 18.2 Å². The smallest absolute Gasteiger partial charge is 0.768 e. The predicted molar refractivity (Wildman–Crippen MR) is 46.7 cm³/mol. The summed E-state index contributed by atoms with van der Waals surface area (Å²) in [5, 5.41) is 4.03. The molecule has 0 heterocycles. The number of benzene rings is 1. The average molecular weight is 228 g/mol. The molecule has 0 amide bonds. The molecule has 0 bridgehead atoms. The van der Waals surface area contributed by atoms with Crippen molar-refractivity contribution in [3.63, 3.8) is 0 Å². The van der Waals surface area contributed by atoms with Crippen LogP contribution >= 0.6 is 0 Å². The molecule has 0 aliphatic rings. The van der Waals surface area contributed by atoms with E-state index in [1.165, 1.54) is 0 Å². The Balaban J connectivity index is 0. The number of nitrogens with two attached hydrogens (primary N) is 1. The minimum Gasteiger partial charge on any atom is -0.768 e. The normalized spacial score (nSPS) is 12.8. The van der Waals surface area contributed by atoms with Crippen molar-refractivity contribution in [2.45, 2.75) is 4.90 Å². The van der Waals surface area contributed by atoms with Gasteiger partial charge in [-0.15, -0.1) is 0 Å². The Hall–Kier alpha value is -0.00260. The van der Waals surface area contributed by atoms with Gasteiger partial charge in [-0.25, -0.2) is 0 Å². The minimum absolute atomic E-state index is 0. The number of hydrogen-bond acceptors (Lipinski definition) is 4. The summed E-state index contributed by atoms with van der Waals surface area (Å²) < 4.78 is 38.0. The summed E-state index contributed by atoms with van der Waals surface area (Å²) in [5.41, 5.74) is 0. The standard InChI is InChI=1S/C6H6O2S.Li.H3NO2S/c7-9(8)6-4-2-1-3-5-6;;1-4(2)3/h1-5H,(H,7,8);;1H2,(H,2,3)/q;+1;/p-2. The van der Waals surface area contributed by atoms with E-state index < -0.39 is 22.3 Å². The van der Waals surface area contributed by atoms with Crippen LogP contribution in [-0.4, -0.2) is 17.5 Å². The van der Waals surface area contributed by atoms with Crippen molar-refractivity contribution in [3.05, 3.63) is 30.3 Å². The molecular weight excluding hydrogens is 221 g/mol. The van der Waals surface area contributed by atoms with Gasteiger partial charge in [0.1, 0.15) is 0 Å². The second kappa shape index (κ2) is 9.55. The van der Waals surface area contributed by atoms with E-state index in [1.807, 2.05) is 0 Å². The molecule has 0 radical (unpaired) electrons. The van der Waals surface area contributed by atoms with E-state index in [2.05, 4.69) is 5.14 Å². The summed E-state index contributed by atoms with van der Waals surface area (Å²) in [6.45, 7) is 0. The molecule has 1 rings (SSSR count). The summed E-state index contributed by atoms with van der Waals surface area (Å²) in [6.07, 6.45) is 0. The molecule has 0 saturated heterocycles. The monoisotopic (exact) mass is 228 g/mol. The Morgan fingerprint density at radius 3 is 1.64 bits per heavy atom. The van der Waals surface area contributed by atoms with E-state index in [0.29, 0.717) is 4.90 Å².